The second-order valence-corrected chi connectivity index (χ2v) is 12.9. The number of phenolic OH excluding ortho intramolecular Hbond substituents is 1. The fourth-order valence-electron chi connectivity index (χ4n) is 7.45. The Kier molecular flexibility index (Phi) is 8.56. The topological polar surface area (TPSA) is 168 Å². The minimum absolute atomic E-state index is 0.0505. The van der Waals surface area contributed by atoms with Crippen LogP contribution in [0.15, 0.2) is 53.3 Å². The number of nitrogens with two attached hydrogens (primary N) is 1. The predicted molar refractivity (Wildman–Crippen MR) is 170 cm³/mol. The summed E-state index contributed by atoms with van der Waals surface area (Å²) >= 11 is 0. The summed E-state index contributed by atoms with van der Waals surface area (Å²) < 4.78 is 0. The molecule has 4 atom stereocenters. The Morgan fingerprint density at radius 3 is 2.31 bits per heavy atom. The van der Waals surface area contributed by atoms with Gasteiger partial charge < -0.3 is 36.0 Å². The summed E-state index contributed by atoms with van der Waals surface area (Å²) in [7, 11) is 8.91. The van der Waals surface area contributed by atoms with Gasteiger partial charge in [-0.25, -0.2) is 0 Å². The van der Waals surface area contributed by atoms with Crippen molar-refractivity contribution in [3.63, 3.8) is 0 Å². The molecule has 1 saturated carbocycles. The summed E-state index contributed by atoms with van der Waals surface area (Å²) in [4.78, 5) is 45.3. The van der Waals surface area contributed by atoms with Crippen molar-refractivity contribution in [2.24, 2.45) is 17.6 Å². The number of carbonyl (C=O) groups excluding carboxylic acids is 3. The SMILES string of the molecule is CN(CCCc1cc(N(C)C)c2c(c1O)C(O)=C1C(=O)[C@]3(O)C(O)=C(C(N)=O)C(=O)[C@@H](N(C)C)[C@@H]3C[C@@H]1C2)Cc1ccccc1. The van der Waals surface area contributed by atoms with Gasteiger partial charge in [-0.1, -0.05) is 30.3 Å². The maximum absolute atomic E-state index is 14.2. The number of hydrogen-bond donors (Lipinski definition) is 5. The Morgan fingerprint density at radius 1 is 1.04 bits per heavy atom. The third-order valence-corrected chi connectivity index (χ3v) is 9.54. The summed E-state index contributed by atoms with van der Waals surface area (Å²) in [6.45, 7) is 1.53. The molecule has 1 fully saturated rings. The Labute approximate surface area is 262 Å². The molecule has 3 aliphatic carbocycles. The maximum atomic E-state index is 14.2. The highest BCUT2D eigenvalue weighted by molar-refractivity contribution is 6.24. The number of amides is 1. The number of nitrogens with zero attached hydrogens (tertiary/aromatic N) is 3. The van der Waals surface area contributed by atoms with Gasteiger partial charge in [0, 0.05) is 37.8 Å². The minimum Gasteiger partial charge on any atom is -0.508 e. The molecule has 0 saturated heterocycles. The lowest BCUT2D eigenvalue weighted by Crippen LogP contribution is -2.65. The van der Waals surface area contributed by atoms with Crippen LogP contribution in [0.5, 0.6) is 5.75 Å². The lowest BCUT2D eigenvalue weighted by Gasteiger charge is -2.50. The number of anilines is 1. The lowest BCUT2D eigenvalue weighted by molar-refractivity contribution is -0.153. The van der Waals surface area contributed by atoms with E-state index in [4.69, 9.17) is 5.73 Å². The van der Waals surface area contributed by atoms with Gasteiger partial charge in [0.05, 0.1) is 11.6 Å². The number of phenols is 1. The molecule has 0 aromatic heterocycles. The van der Waals surface area contributed by atoms with Crippen LogP contribution in [0.25, 0.3) is 5.76 Å². The van der Waals surface area contributed by atoms with Crippen molar-refractivity contribution in [1.29, 1.82) is 0 Å². The highest BCUT2D eigenvalue weighted by atomic mass is 16.3. The van der Waals surface area contributed by atoms with E-state index in [0.717, 1.165) is 25.2 Å². The molecule has 0 unspecified atom stereocenters. The largest absolute Gasteiger partial charge is 0.508 e. The third-order valence-electron chi connectivity index (χ3n) is 9.54. The zero-order chi connectivity index (χ0) is 33.0. The maximum Gasteiger partial charge on any atom is 0.255 e. The van der Waals surface area contributed by atoms with Crippen molar-refractivity contribution < 1.29 is 34.8 Å². The molecule has 11 heteroatoms. The first kappa shape index (κ1) is 32.2. The van der Waals surface area contributed by atoms with E-state index in [9.17, 15) is 34.8 Å². The molecule has 2 aromatic rings. The fourth-order valence-corrected chi connectivity index (χ4v) is 7.45. The quantitative estimate of drug-likeness (QED) is 0.263. The van der Waals surface area contributed by atoms with Gasteiger partial charge in [0.1, 0.15) is 22.8 Å². The van der Waals surface area contributed by atoms with Crippen molar-refractivity contribution in [2.45, 2.75) is 43.9 Å². The molecule has 0 spiro atoms. The summed E-state index contributed by atoms with van der Waals surface area (Å²) in [5.41, 5.74) is 5.12. The van der Waals surface area contributed by atoms with Gasteiger partial charge in [-0.3, -0.25) is 19.3 Å². The Balaban J connectivity index is 1.54. The number of primary amides is 1. The Hall–Kier alpha value is -4.19. The molecule has 5 rings (SSSR count). The number of likely N-dealkylation sites (N-methyl/N-ethyl adjacent to an activating group) is 1. The number of Topliss-reactive ketones (excluding diaryl/α,β-unsaturated/α-hetero) is 2. The summed E-state index contributed by atoms with van der Waals surface area (Å²) in [5, 5.41) is 46.2. The van der Waals surface area contributed by atoms with Crippen molar-refractivity contribution >= 4 is 28.9 Å². The second-order valence-electron chi connectivity index (χ2n) is 12.9. The lowest BCUT2D eigenvalue weighted by atomic mass is 9.57. The van der Waals surface area contributed by atoms with Gasteiger partial charge in [-0.15, -0.1) is 0 Å². The summed E-state index contributed by atoms with van der Waals surface area (Å²) in [6, 6.07) is 10.9. The van der Waals surface area contributed by atoms with Gasteiger partial charge in [0.25, 0.3) is 5.91 Å². The highest BCUT2D eigenvalue weighted by Crippen LogP contribution is 2.54. The molecule has 0 radical (unpaired) electrons. The number of aryl methyl sites for hydroxylation is 1. The third kappa shape index (κ3) is 5.28. The predicted octanol–water partition coefficient (Wildman–Crippen LogP) is 2.09. The van der Waals surface area contributed by atoms with Gasteiger partial charge in [0.15, 0.2) is 11.4 Å². The van der Waals surface area contributed by atoms with Crippen molar-refractivity contribution in [1.82, 2.24) is 9.80 Å². The number of aromatic hydroxyl groups is 1. The number of aliphatic hydroxyl groups excluding tert-OH is 2. The van der Waals surface area contributed by atoms with E-state index in [2.05, 4.69) is 17.0 Å². The summed E-state index contributed by atoms with van der Waals surface area (Å²) in [5.74, 6) is -6.49. The smallest absolute Gasteiger partial charge is 0.255 e. The van der Waals surface area contributed by atoms with E-state index in [-0.39, 0.29) is 29.7 Å². The molecule has 0 bridgehead atoms. The van der Waals surface area contributed by atoms with Crippen LogP contribution < -0.4 is 10.6 Å². The number of hydrogen-bond acceptors (Lipinski definition) is 10. The Bertz CT molecular complexity index is 1610. The number of rotatable bonds is 9. The van der Waals surface area contributed by atoms with Crippen molar-refractivity contribution in [2.75, 3.05) is 46.7 Å². The van der Waals surface area contributed by atoms with Crippen LogP contribution in [0.2, 0.25) is 0 Å². The molecule has 240 valence electrons. The molecule has 2 aromatic carbocycles. The first-order valence-electron chi connectivity index (χ1n) is 15.1. The number of carbonyl (C=O) groups is 3. The molecule has 0 heterocycles. The van der Waals surface area contributed by atoms with Crippen LogP contribution in [-0.4, -0.2) is 101 Å². The van der Waals surface area contributed by atoms with Crippen LogP contribution in [0.1, 0.15) is 35.1 Å². The second kappa shape index (κ2) is 12.0. The van der Waals surface area contributed by atoms with Crippen molar-refractivity contribution in [3.8, 4) is 5.75 Å². The van der Waals surface area contributed by atoms with Gasteiger partial charge in [-0.2, -0.15) is 0 Å². The van der Waals surface area contributed by atoms with Crippen LogP contribution >= 0.6 is 0 Å². The zero-order valence-electron chi connectivity index (χ0n) is 26.4. The van der Waals surface area contributed by atoms with Crippen LogP contribution in [0, 0.1) is 11.8 Å². The van der Waals surface area contributed by atoms with Gasteiger partial charge in [-0.05, 0) is 82.0 Å². The average Bonchev–Trinajstić information content (AvgIpc) is 2.96. The Morgan fingerprint density at radius 2 is 1.71 bits per heavy atom. The monoisotopic (exact) mass is 618 g/mol. The number of benzene rings is 2. The molecule has 6 N–H and O–H groups in total. The molecule has 11 nitrogen and oxygen atoms in total. The zero-order valence-corrected chi connectivity index (χ0v) is 26.4. The van der Waals surface area contributed by atoms with E-state index in [1.54, 1.807) is 14.1 Å². The summed E-state index contributed by atoms with van der Waals surface area (Å²) in [6.07, 6.45) is 1.52. The van der Waals surface area contributed by atoms with Crippen LogP contribution in [0.4, 0.5) is 5.69 Å². The van der Waals surface area contributed by atoms with E-state index in [1.807, 2.05) is 50.3 Å². The molecule has 1 amide bonds. The molecule has 0 aliphatic heterocycles. The van der Waals surface area contributed by atoms with E-state index >= 15 is 0 Å². The number of aliphatic hydroxyl groups is 3. The van der Waals surface area contributed by atoms with Gasteiger partial charge >= 0.3 is 0 Å². The standard InChI is InChI=1S/C34H42N4O7/c1-36(2)23-16-19(12-9-13-38(5)17-18-10-7-6-8-11-18)28(39)25-21(23)14-20-15-22-27(37(3)4)30(41)26(33(35)44)32(43)34(22,45)31(42)24(20)29(25)40/h6-8,10-11,16,20,22,27,39-40,43,45H,9,12-15,17H2,1-5H3,(H2,35,44)/t20-,22-,27-,34-/m0/s1. The molecular formula is C34H42N4O7. The van der Waals surface area contributed by atoms with Crippen LogP contribution in [0.3, 0.4) is 0 Å². The minimum atomic E-state index is -2.66. The van der Waals surface area contributed by atoms with Crippen LogP contribution in [-0.2, 0) is 33.8 Å². The van der Waals surface area contributed by atoms with Crippen molar-refractivity contribution in [3.05, 3.63) is 75.6 Å². The molecule has 3 aliphatic rings. The first-order valence-corrected chi connectivity index (χ1v) is 15.1. The van der Waals surface area contributed by atoms with E-state index < -0.39 is 58.0 Å². The first-order chi connectivity index (χ1) is 21.2. The average molecular weight is 619 g/mol. The fraction of sp³-hybridized carbons (Fsp3) is 0.441. The van der Waals surface area contributed by atoms with E-state index in [1.165, 1.54) is 10.5 Å². The molecular weight excluding hydrogens is 576 g/mol. The number of ketones is 2. The highest BCUT2D eigenvalue weighted by Gasteiger charge is 2.64. The van der Waals surface area contributed by atoms with E-state index in [0.29, 0.717) is 17.5 Å². The normalized spacial score (nSPS) is 24.6. The number of fused-ring (bicyclic) bond motifs is 3. The molecule has 45 heavy (non-hydrogen) atoms. The van der Waals surface area contributed by atoms with Gasteiger partial charge in [0.2, 0.25) is 5.78 Å².